The van der Waals surface area contributed by atoms with E-state index in [1.807, 2.05) is 12.1 Å². The van der Waals surface area contributed by atoms with E-state index in [0.717, 1.165) is 30.8 Å². The predicted molar refractivity (Wildman–Crippen MR) is 75.6 cm³/mol. The third-order valence-electron chi connectivity index (χ3n) is 3.56. The van der Waals surface area contributed by atoms with E-state index in [4.69, 9.17) is 5.73 Å². The summed E-state index contributed by atoms with van der Waals surface area (Å²) in [5.41, 5.74) is 11.6. The van der Waals surface area contributed by atoms with Gasteiger partial charge in [-0.15, -0.1) is 0 Å². The zero-order valence-electron chi connectivity index (χ0n) is 11.4. The summed E-state index contributed by atoms with van der Waals surface area (Å²) in [5.74, 6) is 0. The van der Waals surface area contributed by atoms with Crippen LogP contribution in [0.25, 0.3) is 0 Å². The average molecular weight is 243 g/mol. The monoisotopic (exact) mass is 243 g/mol. The second-order valence-electron chi connectivity index (χ2n) is 4.86. The molecule has 18 heavy (non-hydrogen) atoms. The van der Waals surface area contributed by atoms with Gasteiger partial charge in [-0.1, -0.05) is 12.1 Å². The Morgan fingerprint density at radius 2 is 1.78 bits per heavy atom. The summed E-state index contributed by atoms with van der Waals surface area (Å²) >= 11 is 0. The van der Waals surface area contributed by atoms with Gasteiger partial charge in [0.05, 0.1) is 5.69 Å². The molecule has 3 nitrogen and oxygen atoms in total. The quantitative estimate of drug-likeness (QED) is 0.839. The van der Waals surface area contributed by atoms with Crippen LogP contribution in [0.5, 0.6) is 0 Å². The topological polar surface area (TPSA) is 43.8 Å². The SMILES string of the molecule is Cc1nn(CCCc2ccc(N)cc2)c(C)c1C. The molecule has 0 atom stereocenters. The zero-order chi connectivity index (χ0) is 13.1. The molecular formula is C15H21N3. The minimum absolute atomic E-state index is 0.827. The summed E-state index contributed by atoms with van der Waals surface area (Å²) in [6.45, 7) is 7.32. The van der Waals surface area contributed by atoms with Crippen LogP contribution in [0.2, 0.25) is 0 Å². The highest BCUT2D eigenvalue weighted by molar-refractivity contribution is 5.39. The number of hydrogen-bond donors (Lipinski definition) is 1. The van der Waals surface area contributed by atoms with Crippen LogP contribution in [-0.4, -0.2) is 9.78 Å². The lowest BCUT2D eigenvalue weighted by Crippen LogP contribution is -2.04. The van der Waals surface area contributed by atoms with Crippen molar-refractivity contribution in [1.29, 1.82) is 0 Å². The van der Waals surface area contributed by atoms with Gasteiger partial charge in [0.2, 0.25) is 0 Å². The van der Waals surface area contributed by atoms with Crippen LogP contribution in [0.15, 0.2) is 24.3 Å². The zero-order valence-corrected chi connectivity index (χ0v) is 11.4. The number of rotatable bonds is 4. The van der Waals surface area contributed by atoms with Crippen LogP contribution in [0.4, 0.5) is 5.69 Å². The second-order valence-corrected chi connectivity index (χ2v) is 4.86. The molecule has 0 spiro atoms. The Morgan fingerprint density at radius 1 is 1.11 bits per heavy atom. The molecule has 0 saturated heterocycles. The normalized spacial score (nSPS) is 10.8. The summed E-state index contributed by atoms with van der Waals surface area (Å²) in [6, 6.07) is 8.12. The van der Waals surface area contributed by atoms with Gasteiger partial charge in [-0.2, -0.15) is 5.10 Å². The molecule has 2 aromatic rings. The number of nitrogens with zero attached hydrogens (tertiary/aromatic N) is 2. The lowest BCUT2D eigenvalue weighted by atomic mass is 10.1. The van der Waals surface area contributed by atoms with E-state index >= 15 is 0 Å². The van der Waals surface area contributed by atoms with Crippen molar-refractivity contribution in [3.05, 3.63) is 46.8 Å². The second kappa shape index (κ2) is 5.25. The van der Waals surface area contributed by atoms with Crippen LogP contribution in [0.1, 0.15) is 28.9 Å². The Morgan fingerprint density at radius 3 is 2.33 bits per heavy atom. The molecule has 1 aromatic carbocycles. The van der Waals surface area contributed by atoms with Gasteiger partial charge in [-0.05, 0) is 56.9 Å². The summed E-state index contributed by atoms with van der Waals surface area (Å²) in [7, 11) is 0. The molecule has 0 unspecified atom stereocenters. The van der Waals surface area contributed by atoms with Gasteiger partial charge in [0.25, 0.3) is 0 Å². The van der Waals surface area contributed by atoms with E-state index in [2.05, 4.69) is 42.7 Å². The summed E-state index contributed by atoms with van der Waals surface area (Å²) < 4.78 is 2.11. The van der Waals surface area contributed by atoms with E-state index in [1.165, 1.54) is 16.8 Å². The fourth-order valence-electron chi connectivity index (χ4n) is 2.12. The molecule has 0 bridgehead atoms. The first-order valence-electron chi connectivity index (χ1n) is 6.43. The fourth-order valence-corrected chi connectivity index (χ4v) is 2.12. The highest BCUT2D eigenvalue weighted by atomic mass is 15.3. The van der Waals surface area contributed by atoms with Crippen molar-refractivity contribution in [3.63, 3.8) is 0 Å². The van der Waals surface area contributed by atoms with Gasteiger partial charge < -0.3 is 5.73 Å². The van der Waals surface area contributed by atoms with Gasteiger partial charge in [0.15, 0.2) is 0 Å². The summed E-state index contributed by atoms with van der Waals surface area (Å²) in [5, 5.41) is 4.55. The summed E-state index contributed by atoms with van der Waals surface area (Å²) in [6.07, 6.45) is 2.17. The fraction of sp³-hybridized carbons (Fsp3) is 0.400. The maximum Gasteiger partial charge on any atom is 0.0625 e. The van der Waals surface area contributed by atoms with Crippen LogP contribution in [0.3, 0.4) is 0 Å². The molecule has 2 rings (SSSR count). The van der Waals surface area contributed by atoms with Crippen LogP contribution < -0.4 is 5.73 Å². The Hall–Kier alpha value is -1.77. The van der Waals surface area contributed by atoms with Gasteiger partial charge in [0.1, 0.15) is 0 Å². The minimum Gasteiger partial charge on any atom is -0.399 e. The first-order chi connectivity index (χ1) is 8.58. The maximum absolute atomic E-state index is 5.67. The van der Waals surface area contributed by atoms with Crippen molar-refractivity contribution in [2.24, 2.45) is 0 Å². The lowest BCUT2D eigenvalue weighted by molar-refractivity contribution is 0.562. The number of aryl methyl sites for hydroxylation is 3. The van der Waals surface area contributed by atoms with E-state index in [1.54, 1.807) is 0 Å². The number of nitrogens with two attached hydrogens (primary N) is 1. The van der Waals surface area contributed by atoms with Gasteiger partial charge in [-0.3, -0.25) is 4.68 Å². The Kier molecular flexibility index (Phi) is 3.70. The van der Waals surface area contributed by atoms with Crippen molar-refractivity contribution in [1.82, 2.24) is 9.78 Å². The molecule has 0 radical (unpaired) electrons. The third kappa shape index (κ3) is 2.73. The molecule has 0 aliphatic heterocycles. The largest absolute Gasteiger partial charge is 0.399 e. The van der Waals surface area contributed by atoms with Crippen LogP contribution in [-0.2, 0) is 13.0 Å². The molecule has 0 fully saturated rings. The number of benzene rings is 1. The van der Waals surface area contributed by atoms with E-state index in [0.29, 0.717) is 0 Å². The van der Waals surface area contributed by atoms with Crippen molar-refractivity contribution >= 4 is 5.69 Å². The maximum atomic E-state index is 5.67. The van der Waals surface area contributed by atoms with Gasteiger partial charge in [-0.25, -0.2) is 0 Å². The van der Waals surface area contributed by atoms with E-state index in [-0.39, 0.29) is 0 Å². The van der Waals surface area contributed by atoms with Crippen LogP contribution in [0, 0.1) is 20.8 Å². The Labute approximate surface area is 109 Å². The molecule has 0 amide bonds. The number of hydrogen-bond acceptors (Lipinski definition) is 2. The van der Waals surface area contributed by atoms with Crippen molar-refractivity contribution < 1.29 is 0 Å². The molecule has 0 aliphatic carbocycles. The van der Waals surface area contributed by atoms with Gasteiger partial charge >= 0.3 is 0 Å². The molecule has 1 heterocycles. The highest BCUT2D eigenvalue weighted by Gasteiger charge is 2.06. The number of anilines is 1. The predicted octanol–water partition coefficient (Wildman–Crippen LogP) is 3.02. The smallest absolute Gasteiger partial charge is 0.0625 e. The standard InChI is InChI=1S/C15H21N3/c1-11-12(2)17-18(13(11)3)10-4-5-14-6-8-15(16)9-7-14/h6-9H,4-5,10,16H2,1-3H3. The summed E-state index contributed by atoms with van der Waals surface area (Å²) in [4.78, 5) is 0. The lowest BCUT2D eigenvalue weighted by Gasteiger charge is -2.05. The molecule has 2 N–H and O–H groups in total. The first-order valence-corrected chi connectivity index (χ1v) is 6.43. The molecule has 0 aliphatic rings. The molecule has 3 heteroatoms. The van der Waals surface area contributed by atoms with Crippen LogP contribution >= 0.6 is 0 Å². The minimum atomic E-state index is 0.827. The molecule has 1 aromatic heterocycles. The average Bonchev–Trinajstić information content (AvgIpc) is 2.60. The van der Waals surface area contributed by atoms with Crippen molar-refractivity contribution in [2.75, 3.05) is 5.73 Å². The molecule has 0 saturated carbocycles. The third-order valence-corrected chi connectivity index (χ3v) is 3.56. The molecule has 96 valence electrons. The highest BCUT2D eigenvalue weighted by Crippen LogP contribution is 2.13. The first kappa shape index (κ1) is 12.7. The number of nitrogen functional groups attached to an aromatic ring is 1. The Balaban J connectivity index is 1.92. The van der Waals surface area contributed by atoms with E-state index < -0.39 is 0 Å². The molecular weight excluding hydrogens is 222 g/mol. The van der Waals surface area contributed by atoms with E-state index in [9.17, 15) is 0 Å². The Bertz CT molecular complexity index is 523. The van der Waals surface area contributed by atoms with Gasteiger partial charge in [0, 0.05) is 17.9 Å². The number of aromatic nitrogens is 2. The van der Waals surface area contributed by atoms with Crippen molar-refractivity contribution in [2.45, 2.75) is 40.2 Å². The van der Waals surface area contributed by atoms with Crippen molar-refractivity contribution in [3.8, 4) is 0 Å².